The Balaban J connectivity index is 0.000000188. The van der Waals surface area contributed by atoms with Gasteiger partial charge in [-0.1, -0.05) is 133 Å². The van der Waals surface area contributed by atoms with Gasteiger partial charge in [0.05, 0.1) is 35.1 Å². The molecular formula is C40H31Cl2NO8S2. The SMILES string of the molecule is Nc1ccc(C2=S(O[Cl+3]([O-])([O-])[O-])C(c3ccccc3)=CC(c3ccccc3)=C2)cc1.[O-][Cl+3]([O-])([O-])OS1=C(c2ccccc2)C=C(c2ccccc2)C=C1. The lowest BCUT2D eigenvalue weighted by molar-refractivity contribution is -1.91. The van der Waals surface area contributed by atoms with E-state index < -0.39 is 42.0 Å². The lowest BCUT2D eigenvalue weighted by Crippen LogP contribution is -2.60. The van der Waals surface area contributed by atoms with Crippen molar-refractivity contribution in [3.8, 4) is 0 Å². The van der Waals surface area contributed by atoms with E-state index in [0.717, 1.165) is 39.0 Å². The monoisotopic (exact) mass is 787 g/mol. The van der Waals surface area contributed by atoms with E-state index in [-0.39, 0.29) is 0 Å². The fourth-order valence-electron chi connectivity index (χ4n) is 5.33. The van der Waals surface area contributed by atoms with Crippen LogP contribution in [0.3, 0.4) is 0 Å². The summed E-state index contributed by atoms with van der Waals surface area (Å²) >= 11 is 0. The quantitative estimate of drug-likeness (QED) is 0.173. The van der Waals surface area contributed by atoms with Crippen molar-refractivity contribution in [2.45, 2.75) is 0 Å². The number of nitrogen functional groups attached to an aromatic ring is 1. The first-order chi connectivity index (χ1) is 25.4. The Hall–Kier alpha value is -4.44. The number of allylic oxidation sites excluding steroid dienone is 6. The number of hydrogen-bond donors (Lipinski definition) is 1. The van der Waals surface area contributed by atoms with Gasteiger partial charge in [0.15, 0.2) is 0 Å². The molecule has 2 atom stereocenters. The van der Waals surface area contributed by atoms with Crippen LogP contribution in [0.1, 0.15) is 27.8 Å². The van der Waals surface area contributed by atoms with Gasteiger partial charge in [-0.05, 0) is 75.4 Å². The highest BCUT2D eigenvalue weighted by Crippen LogP contribution is 2.45. The molecule has 2 N–H and O–H groups in total. The Morgan fingerprint density at radius 1 is 0.434 bits per heavy atom. The molecule has 0 amide bonds. The van der Waals surface area contributed by atoms with Gasteiger partial charge >= 0.3 is 0 Å². The molecule has 5 aromatic rings. The number of anilines is 1. The summed E-state index contributed by atoms with van der Waals surface area (Å²) in [6.07, 6.45) is 7.35. The zero-order valence-corrected chi connectivity index (χ0v) is 30.8. The molecular weight excluding hydrogens is 757 g/mol. The van der Waals surface area contributed by atoms with Gasteiger partial charge in [0.2, 0.25) is 0 Å². The molecule has 0 fully saturated rings. The third-order valence-corrected chi connectivity index (χ3v) is 12.6. The predicted molar refractivity (Wildman–Crippen MR) is 195 cm³/mol. The minimum absolute atomic E-state index is 0.580. The second-order valence-corrected chi connectivity index (χ2v) is 16.5. The maximum atomic E-state index is 11.6. The van der Waals surface area contributed by atoms with E-state index in [1.807, 2.05) is 140 Å². The summed E-state index contributed by atoms with van der Waals surface area (Å²) in [5, 5.41) is 1.60. The Kier molecular flexibility index (Phi) is 12.4. The van der Waals surface area contributed by atoms with Gasteiger partial charge in [-0.15, -0.1) is 0 Å². The van der Waals surface area contributed by atoms with Crippen molar-refractivity contribution in [1.29, 1.82) is 0 Å². The highest BCUT2D eigenvalue weighted by atomic mass is 35.7. The van der Waals surface area contributed by atoms with Crippen molar-refractivity contribution < 1.29 is 55.9 Å². The summed E-state index contributed by atoms with van der Waals surface area (Å²) in [5.41, 5.74) is 12.5. The first-order valence-corrected chi connectivity index (χ1v) is 20.6. The van der Waals surface area contributed by atoms with Crippen LogP contribution in [0, 0.1) is 20.5 Å². The van der Waals surface area contributed by atoms with Crippen molar-refractivity contribution >= 4 is 53.0 Å². The maximum absolute atomic E-state index is 11.6. The summed E-state index contributed by atoms with van der Waals surface area (Å²) in [6.45, 7) is 0. The first-order valence-electron chi connectivity index (χ1n) is 15.8. The summed E-state index contributed by atoms with van der Waals surface area (Å²) in [5.74, 6) is 0. The van der Waals surface area contributed by atoms with E-state index in [1.165, 1.54) is 0 Å². The molecule has 0 aromatic heterocycles. The molecule has 13 heteroatoms. The van der Waals surface area contributed by atoms with Crippen molar-refractivity contribution in [2.24, 2.45) is 0 Å². The van der Waals surface area contributed by atoms with E-state index in [1.54, 1.807) is 35.7 Å². The first kappa shape index (κ1) is 38.3. The van der Waals surface area contributed by atoms with Crippen molar-refractivity contribution in [3.63, 3.8) is 0 Å². The second-order valence-electron chi connectivity index (χ2n) is 11.3. The molecule has 270 valence electrons. The molecule has 2 aliphatic heterocycles. The molecule has 2 aliphatic rings. The van der Waals surface area contributed by atoms with Crippen LogP contribution in [0.2, 0.25) is 0 Å². The Labute approximate surface area is 316 Å². The van der Waals surface area contributed by atoms with Crippen molar-refractivity contribution in [2.75, 3.05) is 5.73 Å². The average Bonchev–Trinajstić information content (AvgIpc) is 3.16. The number of halogens is 2. The third-order valence-electron chi connectivity index (χ3n) is 7.66. The zero-order valence-electron chi connectivity index (χ0n) is 27.7. The molecule has 5 aromatic carbocycles. The molecule has 0 spiro atoms. The van der Waals surface area contributed by atoms with Crippen LogP contribution in [0.25, 0.3) is 16.1 Å². The van der Waals surface area contributed by atoms with E-state index in [0.29, 0.717) is 20.3 Å². The fraction of sp³-hybridized carbons (Fsp3) is 0. The van der Waals surface area contributed by atoms with Crippen LogP contribution in [0.4, 0.5) is 5.69 Å². The molecule has 53 heavy (non-hydrogen) atoms. The molecule has 2 heterocycles. The lowest BCUT2D eigenvalue weighted by atomic mass is 10.0. The van der Waals surface area contributed by atoms with Gasteiger partial charge in [-0.2, -0.15) is 28.0 Å². The third kappa shape index (κ3) is 10.6. The van der Waals surface area contributed by atoms with Gasteiger partial charge in [-0.25, -0.2) is 0 Å². The number of benzene rings is 5. The molecule has 2 unspecified atom stereocenters. The molecule has 0 radical (unpaired) electrons. The summed E-state index contributed by atoms with van der Waals surface area (Å²) in [6, 6.07) is 45.0. The van der Waals surface area contributed by atoms with Gasteiger partial charge in [-0.3, -0.25) is 0 Å². The van der Waals surface area contributed by atoms with E-state index >= 15 is 0 Å². The summed E-state index contributed by atoms with van der Waals surface area (Å²) < 4.78 is 77.4. The Morgan fingerprint density at radius 2 is 0.868 bits per heavy atom. The average molecular weight is 789 g/mol. The normalized spacial score (nSPS) is 17.3. The molecule has 9 nitrogen and oxygen atoms in total. The fourth-order valence-corrected chi connectivity index (χ4v) is 10.0. The van der Waals surface area contributed by atoms with E-state index in [9.17, 15) is 28.0 Å². The van der Waals surface area contributed by atoms with Crippen LogP contribution < -0.4 is 33.7 Å². The van der Waals surface area contributed by atoms with Gasteiger partial charge in [0.1, 0.15) is 29.0 Å². The number of nitrogens with two attached hydrogens (primary N) is 1. The minimum Gasteiger partial charge on any atom is -0.399 e. The molecule has 0 saturated carbocycles. The molecule has 0 aliphatic carbocycles. The number of hydrogen-bond acceptors (Lipinski definition) is 9. The van der Waals surface area contributed by atoms with Gasteiger partial charge < -0.3 is 5.73 Å². The topological polar surface area (TPSA) is 183 Å². The molecule has 0 saturated heterocycles. The maximum Gasteiger partial charge on any atom is 0.148 e. The highest BCUT2D eigenvalue weighted by Gasteiger charge is 2.32. The number of rotatable bonds is 9. The van der Waals surface area contributed by atoms with E-state index in [2.05, 4.69) is 3.74 Å². The van der Waals surface area contributed by atoms with Crippen molar-refractivity contribution in [3.05, 3.63) is 203 Å². The molecule has 7 rings (SSSR count). The van der Waals surface area contributed by atoms with Gasteiger partial charge in [0, 0.05) is 11.1 Å². The Morgan fingerprint density at radius 3 is 1.38 bits per heavy atom. The highest BCUT2D eigenvalue weighted by molar-refractivity contribution is 8.20. The predicted octanol–water partition coefficient (Wildman–Crippen LogP) is 2.94. The van der Waals surface area contributed by atoms with Crippen LogP contribution in [-0.2, 0) is 7.47 Å². The standard InChI is InChI=1S/C23H18ClNO4S.C17H13ClO4S/c25-21-13-11-19(12-14-21)23-16-20(17-7-3-1-4-8-17)15-22(18-9-5-2-6-10-18)30(23)29-24(26,27)28;19-18(20,21)22-23-12-11-16(14-7-3-1-4-8-14)13-17(23)15-9-5-2-6-10-15/h1-16H,25H2;1-13H. The van der Waals surface area contributed by atoms with E-state index in [4.69, 9.17) is 9.47 Å². The summed E-state index contributed by atoms with van der Waals surface area (Å²) in [4.78, 5) is 1.84. The van der Waals surface area contributed by atoms with Crippen LogP contribution in [0.15, 0.2) is 175 Å². The summed E-state index contributed by atoms with van der Waals surface area (Å²) in [7, 11) is -11.8. The van der Waals surface area contributed by atoms with Crippen LogP contribution >= 0.6 is 21.5 Å². The van der Waals surface area contributed by atoms with Crippen LogP contribution in [-0.4, -0.2) is 9.73 Å². The minimum atomic E-state index is -4.64. The largest absolute Gasteiger partial charge is 0.399 e. The molecule has 0 bridgehead atoms. The second kappa shape index (κ2) is 17.1. The van der Waals surface area contributed by atoms with Crippen molar-refractivity contribution in [1.82, 2.24) is 0 Å². The zero-order chi connectivity index (χ0) is 37.4. The lowest BCUT2D eigenvalue weighted by Gasteiger charge is -2.22. The Bertz CT molecular complexity index is 2230. The van der Waals surface area contributed by atoms with Crippen LogP contribution in [0.5, 0.6) is 0 Å². The smallest absolute Gasteiger partial charge is 0.148 e. The van der Waals surface area contributed by atoms with Gasteiger partial charge in [0.25, 0.3) is 0 Å².